The fraction of sp³-hybridized carbons (Fsp3) is 0.556. The number of carbonyl (C=O) groups excluding carboxylic acids is 2. The first-order chi connectivity index (χ1) is 11.2. The Bertz CT molecular complexity index is 620. The second kappa shape index (κ2) is 7.30. The summed E-state index contributed by atoms with van der Waals surface area (Å²) >= 11 is 0. The molecule has 0 saturated carbocycles. The van der Waals surface area contributed by atoms with Crippen LogP contribution in [0.5, 0.6) is 0 Å². The highest BCUT2D eigenvalue weighted by Gasteiger charge is 2.47. The third kappa shape index (κ3) is 4.32. The number of imide groups is 1. The molecule has 3 amide bonds. The Hall–Kier alpha value is -1.95. The van der Waals surface area contributed by atoms with Gasteiger partial charge in [-0.25, -0.2) is 14.1 Å². The molecule has 24 heavy (non-hydrogen) atoms. The van der Waals surface area contributed by atoms with Crippen molar-refractivity contribution in [3.63, 3.8) is 0 Å². The third-order valence-electron chi connectivity index (χ3n) is 4.29. The van der Waals surface area contributed by atoms with E-state index in [0.717, 1.165) is 12.0 Å². The van der Waals surface area contributed by atoms with Crippen molar-refractivity contribution < 1.29 is 14.0 Å². The Morgan fingerprint density at radius 3 is 2.67 bits per heavy atom. The molecule has 0 aliphatic carbocycles. The molecule has 1 fully saturated rings. The van der Waals surface area contributed by atoms with E-state index in [2.05, 4.69) is 19.2 Å². The van der Waals surface area contributed by atoms with Gasteiger partial charge in [0.15, 0.2) is 0 Å². The van der Waals surface area contributed by atoms with Crippen LogP contribution < -0.4 is 5.32 Å². The van der Waals surface area contributed by atoms with E-state index in [1.165, 1.54) is 17.0 Å². The van der Waals surface area contributed by atoms with Crippen LogP contribution in [0.25, 0.3) is 0 Å². The number of hydrogen-bond acceptors (Lipinski definition) is 3. The summed E-state index contributed by atoms with van der Waals surface area (Å²) in [6.07, 6.45) is 1.49. The van der Waals surface area contributed by atoms with Gasteiger partial charge in [0.2, 0.25) is 0 Å². The van der Waals surface area contributed by atoms with Gasteiger partial charge >= 0.3 is 6.03 Å². The lowest BCUT2D eigenvalue weighted by Crippen LogP contribution is -2.45. The molecular formula is C18H26FN3O2. The molecule has 1 saturated heterocycles. The fourth-order valence-electron chi connectivity index (χ4n) is 2.86. The van der Waals surface area contributed by atoms with Gasteiger partial charge in [0, 0.05) is 6.54 Å². The summed E-state index contributed by atoms with van der Waals surface area (Å²) in [5.74, 6) is -0.0207. The Kier molecular flexibility index (Phi) is 5.59. The zero-order valence-corrected chi connectivity index (χ0v) is 14.8. The molecule has 0 spiro atoms. The standard InChI is InChI=1S/C18H26FN3O2/c1-13(2)8-9-18(3)16(23)22(17(24)20-18)12-21(4)11-14-6-5-7-15(19)10-14/h5-7,10,13H,8-9,11-12H2,1-4H3,(H,20,24)/t18-/m1/s1. The lowest BCUT2D eigenvalue weighted by molar-refractivity contribution is -0.132. The Morgan fingerprint density at radius 2 is 2.04 bits per heavy atom. The largest absolute Gasteiger partial charge is 0.326 e. The minimum Gasteiger partial charge on any atom is -0.323 e. The summed E-state index contributed by atoms with van der Waals surface area (Å²) in [6, 6.07) is 5.95. The van der Waals surface area contributed by atoms with Crippen LogP contribution in [0, 0.1) is 11.7 Å². The number of benzene rings is 1. The zero-order chi connectivity index (χ0) is 17.9. The maximum atomic E-state index is 13.3. The third-order valence-corrected chi connectivity index (χ3v) is 4.29. The van der Waals surface area contributed by atoms with Crippen LogP contribution in [0.3, 0.4) is 0 Å². The quantitative estimate of drug-likeness (QED) is 0.780. The van der Waals surface area contributed by atoms with Gasteiger partial charge in [-0.3, -0.25) is 9.69 Å². The average Bonchev–Trinajstić information content (AvgIpc) is 2.69. The smallest absolute Gasteiger partial charge is 0.323 e. The molecule has 1 atom stereocenters. The second-order valence-corrected chi connectivity index (χ2v) is 7.21. The van der Waals surface area contributed by atoms with E-state index in [4.69, 9.17) is 0 Å². The minimum atomic E-state index is -0.832. The Labute approximate surface area is 142 Å². The summed E-state index contributed by atoms with van der Waals surface area (Å²) in [5, 5.41) is 2.81. The Balaban J connectivity index is 1.98. The van der Waals surface area contributed by atoms with E-state index in [1.54, 1.807) is 20.0 Å². The summed E-state index contributed by atoms with van der Waals surface area (Å²) in [6.45, 7) is 6.60. The number of urea groups is 1. The van der Waals surface area contributed by atoms with Crippen LogP contribution in [-0.4, -0.2) is 41.0 Å². The second-order valence-electron chi connectivity index (χ2n) is 7.21. The van der Waals surface area contributed by atoms with Crippen molar-refractivity contribution >= 4 is 11.9 Å². The van der Waals surface area contributed by atoms with Crippen molar-refractivity contribution in [3.8, 4) is 0 Å². The zero-order valence-electron chi connectivity index (χ0n) is 14.8. The monoisotopic (exact) mass is 335 g/mol. The molecule has 1 heterocycles. The minimum absolute atomic E-state index is 0.179. The number of hydrogen-bond donors (Lipinski definition) is 1. The van der Waals surface area contributed by atoms with Gasteiger partial charge in [0.1, 0.15) is 11.4 Å². The lowest BCUT2D eigenvalue weighted by atomic mass is 9.92. The van der Waals surface area contributed by atoms with Gasteiger partial charge < -0.3 is 5.32 Å². The summed E-state index contributed by atoms with van der Waals surface area (Å²) in [4.78, 5) is 27.9. The molecule has 2 rings (SSSR count). The first kappa shape index (κ1) is 18.4. The average molecular weight is 335 g/mol. The van der Waals surface area contributed by atoms with Crippen molar-refractivity contribution in [2.75, 3.05) is 13.7 Å². The number of nitrogens with one attached hydrogen (secondary N) is 1. The van der Waals surface area contributed by atoms with Gasteiger partial charge in [-0.05, 0) is 50.4 Å². The summed E-state index contributed by atoms with van der Waals surface area (Å²) in [7, 11) is 1.80. The molecule has 6 heteroatoms. The number of carbonyl (C=O) groups is 2. The molecule has 0 bridgehead atoms. The molecule has 0 radical (unpaired) electrons. The van der Waals surface area contributed by atoms with Gasteiger partial charge in [0.25, 0.3) is 5.91 Å². The molecule has 1 N–H and O–H groups in total. The molecule has 0 unspecified atom stereocenters. The highest BCUT2D eigenvalue weighted by molar-refractivity contribution is 6.06. The molecule has 0 aromatic heterocycles. The molecule has 5 nitrogen and oxygen atoms in total. The van der Waals surface area contributed by atoms with Gasteiger partial charge in [-0.15, -0.1) is 0 Å². The number of rotatable bonds is 7. The molecule has 1 aliphatic rings. The number of amides is 3. The van der Waals surface area contributed by atoms with Crippen LogP contribution in [-0.2, 0) is 11.3 Å². The Morgan fingerprint density at radius 1 is 1.33 bits per heavy atom. The van der Waals surface area contributed by atoms with E-state index in [-0.39, 0.29) is 24.4 Å². The van der Waals surface area contributed by atoms with E-state index >= 15 is 0 Å². The highest BCUT2D eigenvalue weighted by Crippen LogP contribution is 2.25. The van der Waals surface area contributed by atoms with E-state index in [1.807, 2.05) is 11.0 Å². The molecule has 1 aromatic carbocycles. The predicted octanol–water partition coefficient (Wildman–Crippen LogP) is 2.96. The van der Waals surface area contributed by atoms with Crippen LogP contribution in [0.15, 0.2) is 24.3 Å². The first-order valence-electron chi connectivity index (χ1n) is 8.28. The summed E-state index contributed by atoms with van der Waals surface area (Å²) in [5.41, 5.74) is -0.0340. The van der Waals surface area contributed by atoms with Crippen molar-refractivity contribution in [1.29, 1.82) is 0 Å². The van der Waals surface area contributed by atoms with Crippen molar-refractivity contribution in [3.05, 3.63) is 35.6 Å². The van der Waals surface area contributed by atoms with Crippen LogP contribution >= 0.6 is 0 Å². The van der Waals surface area contributed by atoms with Crippen molar-refractivity contribution in [1.82, 2.24) is 15.1 Å². The summed E-state index contributed by atoms with van der Waals surface area (Å²) < 4.78 is 13.3. The normalized spacial score (nSPS) is 21.0. The molecular weight excluding hydrogens is 309 g/mol. The van der Waals surface area contributed by atoms with Crippen molar-refractivity contribution in [2.45, 2.75) is 45.7 Å². The van der Waals surface area contributed by atoms with Gasteiger partial charge in [-0.2, -0.15) is 0 Å². The first-order valence-corrected chi connectivity index (χ1v) is 8.28. The van der Waals surface area contributed by atoms with E-state index < -0.39 is 5.54 Å². The number of halogens is 1. The SMILES string of the molecule is CC(C)CC[C@@]1(C)NC(=O)N(CN(C)Cc2cccc(F)c2)C1=O. The fourth-order valence-corrected chi connectivity index (χ4v) is 2.86. The molecule has 1 aliphatic heterocycles. The van der Waals surface area contributed by atoms with E-state index in [0.29, 0.717) is 18.9 Å². The maximum Gasteiger partial charge on any atom is 0.326 e. The van der Waals surface area contributed by atoms with Gasteiger partial charge in [-0.1, -0.05) is 26.0 Å². The number of nitrogens with zero attached hydrogens (tertiary/aromatic N) is 2. The van der Waals surface area contributed by atoms with Gasteiger partial charge in [0.05, 0.1) is 6.67 Å². The maximum absolute atomic E-state index is 13.3. The highest BCUT2D eigenvalue weighted by atomic mass is 19.1. The van der Waals surface area contributed by atoms with Crippen LogP contribution in [0.2, 0.25) is 0 Å². The molecule has 132 valence electrons. The topological polar surface area (TPSA) is 52.7 Å². The van der Waals surface area contributed by atoms with Crippen LogP contribution in [0.4, 0.5) is 9.18 Å². The van der Waals surface area contributed by atoms with Crippen LogP contribution in [0.1, 0.15) is 39.2 Å². The lowest BCUT2D eigenvalue weighted by Gasteiger charge is -2.25. The van der Waals surface area contributed by atoms with E-state index in [9.17, 15) is 14.0 Å². The molecule has 1 aromatic rings. The predicted molar refractivity (Wildman–Crippen MR) is 90.6 cm³/mol. The van der Waals surface area contributed by atoms with Crippen molar-refractivity contribution in [2.24, 2.45) is 5.92 Å².